The Kier molecular flexibility index (Phi) is 3.77. The van der Waals surface area contributed by atoms with Crippen molar-refractivity contribution in [3.8, 4) is 11.1 Å². The molecule has 21 heavy (non-hydrogen) atoms. The number of carbonyl (C=O) groups is 1. The van der Waals surface area contributed by atoms with Crippen molar-refractivity contribution in [2.75, 3.05) is 6.54 Å². The van der Waals surface area contributed by atoms with Gasteiger partial charge in [-0.1, -0.05) is 6.07 Å². The lowest BCUT2D eigenvalue weighted by Crippen LogP contribution is -2.26. The van der Waals surface area contributed by atoms with Crippen LogP contribution in [0.5, 0.6) is 0 Å². The fourth-order valence-corrected chi connectivity index (χ4v) is 1.95. The average molecular weight is 282 g/mol. The van der Waals surface area contributed by atoms with E-state index in [1.807, 2.05) is 18.3 Å². The molecule has 0 aromatic carbocycles. The molecule has 0 aliphatic carbocycles. The molecule has 0 saturated carbocycles. The Balaban J connectivity index is 1.55. The molecule has 0 bridgehead atoms. The molecule has 3 aromatic rings. The molecule has 3 heterocycles. The molecular formula is C15H14N4O2. The summed E-state index contributed by atoms with van der Waals surface area (Å²) in [6.45, 7) is 1.07. The molecule has 6 heteroatoms. The van der Waals surface area contributed by atoms with Crippen molar-refractivity contribution in [3.63, 3.8) is 0 Å². The Morgan fingerprint density at radius 2 is 2.19 bits per heavy atom. The van der Waals surface area contributed by atoms with E-state index in [9.17, 15) is 4.79 Å². The summed E-state index contributed by atoms with van der Waals surface area (Å²) >= 11 is 0. The van der Waals surface area contributed by atoms with Gasteiger partial charge in [0.2, 0.25) is 0 Å². The molecule has 1 amide bonds. The van der Waals surface area contributed by atoms with Crippen molar-refractivity contribution in [3.05, 3.63) is 61.1 Å². The van der Waals surface area contributed by atoms with E-state index in [1.54, 1.807) is 35.4 Å². The average Bonchev–Trinajstić information content (AvgIpc) is 3.20. The van der Waals surface area contributed by atoms with Crippen molar-refractivity contribution < 1.29 is 9.21 Å². The van der Waals surface area contributed by atoms with Crippen LogP contribution in [0.25, 0.3) is 11.1 Å². The number of hydrogen-bond donors (Lipinski definition) is 1. The number of amides is 1. The molecule has 1 N–H and O–H groups in total. The quantitative estimate of drug-likeness (QED) is 0.776. The molecule has 106 valence electrons. The van der Waals surface area contributed by atoms with Crippen molar-refractivity contribution in [2.24, 2.45) is 0 Å². The summed E-state index contributed by atoms with van der Waals surface area (Å²) in [6, 6.07) is 7.18. The molecule has 3 rings (SSSR count). The van der Waals surface area contributed by atoms with Crippen molar-refractivity contribution in [1.29, 1.82) is 0 Å². The molecule has 6 nitrogen and oxygen atoms in total. The van der Waals surface area contributed by atoms with Gasteiger partial charge in [0.15, 0.2) is 5.76 Å². The van der Waals surface area contributed by atoms with Gasteiger partial charge in [-0.2, -0.15) is 5.10 Å². The summed E-state index contributed by atoms with van der Waals surface area (Å²) in [5.41, 5.74) is 2.02. The Hall–Kier alpha value is -2.89. The third-order valence-electron chi connectivity index (χ3n) is 3.00. The molecule has 3 aromatic heterocycles. The summed E-state index contributed by atoms with van der Waals surface area (Å²) in [7, 11) is 0. The van der Waals surface area contributed by atoms with E-state index >= 15 is 0 Å². The van der Waals surface area contributed by atoms with Crippen LogP contribution in [0, 0.1) is 0 Å². The van der Waals surface area contributed by atoms with E-state index in [-0.39, 0.29) is 5.91 Å². The second-order valence-corrected chi connectivity index (χ2v) is 4.47. The zero-order chi connectivity index (χ0) is 14.5. The van der Waals surface area contributed by atoms with Crippen LogP contribution in [0.1, 0.15) is 10.6 Å². The minimum Gasteiger partial charge on any atom is -0.459 e. The first-order chi connectivity index (χ1) is 10.3. The molecule has 0 unspecified atom stereocenters. The maximum absolute atomic E-state index is 11.7. The van der Waals surface area contributed by atoms with Crippen LogP contribution in [-0.4, -0.2) is 27.2 Å². The van der Waals surface area contributed by atoms with Crippen LogP contribution in [0.2, 0.25) is 0 Å². The highest BCUT2D eigenvalue weighted by molar-refractivity contribution is 5.91. The van der Waals surface area contributed by atoms with E-state index < -0.39 is 0 Å². The van der Waals surface area contributed by atoms with E-state index in [4.69, 9.17) is 4.42 Å². The lowest BCUT2D eigenvalue weighted by atomic mass is 10.2. The van der Waals surface area contributed by atoms with Crippen LogP contribution in [0.15, 0.2) is 59.7 Å². The fourth-order valence-electron chi connectivity index (χ4n) is 1.95. The minimum atomic E-state index is -0.223. The van der Waals surface area contributed by atoms with Crippen molar-refractivity contribution >= 4 is 5.91 Å². The smallest absolute Gasteiger partial charge is 0.287 e. The highest BCUT2D eigenvalue weighted by atomic mass is 16.3. The summed E-state index contributed by atoms with van der Waals surface area (Å²) in [4.78, 5) is 15.8. The Labute approximate surface area is 121 Å². The van der Waals surface area contributed by atoms with Gasteiger partial charge in [-0.3, -0.25) is 14.5 Å². The fraction of sp³-hybridized carbons (Fsp3) is 0.133. The predicted octanol–water partition coefficient (Wildman–Crippen LogP) is 1.97. The lowest BCUT2D eigenvalue weighted by Gasteiger charge is -2.03. The normalized spacial score (nSPS) is 10.5. The Morgan fingerprint density at radius 3 is 2.95 bits per heavy atom. The zero-order valence-corrected chi connectivity index (χ0v) is 11.3. The van der Waals surface area contributed by atoms with Gasteiger partial charge < -0.3 is 9.73 Å². The van der Waals surface area contributed by atoms with Crippen LogP contribution in [-0.2, 0) is 6.54 Å². The number of furan rings is 1. The molecule has 0 aliphatic heterocycles. The van der Waals surface area contributed by atoms with E-state index in [0.29, 0.717) is 18.8 Å². The molecule has 0 atom stereocenters. The summed E-state index contributed by atoms with van der Waals surface area (Å²) in [5, 5.41) is 7.04. The van der Waals surface area contributed by atoms with Gasteiger partial charge in [0.05, 0.1) is 19.0 Å². The molecule has 0 aliphatic rings. The van der Waals surface area contributed by atoms with Crippen LogP contribution < -0.4 is 5.32 Å². The largest absolute Gasteiger partial charge is 0.459 e. The second-order valence-electron chi connectivity index (χ2n) is 4.47. The molecule has 0 fully saturated rings. The standard InChI is InChI=1S/C15H14N4O2/c20-15(14-4-2-8-21-14)17-6-7-19-11-13(10-18-19)12-3-1-5-16-9-12/h1-5,8-11H,6-7H2,(H,17,20). The first-order valence-electron chi connectivity index (χ1n) is 6.57. The van der Waals surface area contributed by atoms with Crippen LogP contribution >= 0.6 is 0 Å². The minimum absolute atomic E-state index is 0.223. The first kappa shape index (κ1) is 13.1. The Bertz CT molecular complexity index is 704. The van der Waals surface area contributed by atoms with E-state index in [2.05, 4.69) is 15.4 Å². The van der Waals surface area contributed by atoms with E-state index in [0.717, 1.165) is 11.1 Å². The number of nitrogens with zero attached hydrogens (tertiary/aromatic N) is 3. The predicted molar refractivity (Wildman–Crippen MR) is 76.5 cm³/mol. The number of hydrogen-bond acceptors (Lipinski definition) is 4. The molecule has 0 saturated heterocycles. The SMILES string of the molecule is O=C(NCCn1cc(-c2cccnc2)cn1)c1ccco1. The third-order valence-corrected chi connectivity index (χ3v) is 3.00. The number of pyridine rings is 1. The van der Waals surface area contributed by atoms with Gasteiger partial charge in [-0.25, -0.2) is 0 Å². The van der Waals surface area contributed by atoms with E-state index in [1.165, 1.54) is 6.26 Å². The van der Waals surface area contributed by atoms with Gasteiger partial charge in [0.25, 0.3) is 5.91 Å². The van der Waals surface area contributed by atoms with Gasteiger partial charge in [0, 0.05) is 36.3 Å². The third kappa shape index (κ3) is 3.17. The van der Waals surface area contributed by atoms with Crippen molar-refractivity contribution in [1.82, 2.24) is 20.1 Å². The molecule has 0 radical (unpaired) electrons. The lowest BCUT2D eigenvalue weighted by molar-refractivity contribution is 0.0924. The highest BCUT2D eigenvalue weighted by Crippen LogP contribution is 2.16. The van der Waals surface area contributed by atoms with Gasteiger partial charge >= 0.3 is 0 Å². The summed E-state index contributed by atoms with van der Waals surface area (Å²) < 4.78 is 6.80. The number of aromatic nitrogens is 3. The van der Waals surface area contributed by atoms with Gasteiger partial charge in [0.1, 0.15) is 0 Å². The maximum Gasteiger partial charge on any atom is 0.287 e. The first-order valence-corrected chi connectivity index (χ1v) is 6.57. The van der Waals surface area contributed by atoms with Crippen LogP contribution in [0.3, 0.4) is 0 Å². The summed E-state index contributed by atoms with van der Waals surface area (Å²) in [6.07, 6.45) is 8.71. The highest BCUT2D eigenvalue weighted by Gasteiger charge is 2.07. The van der Waals surface area contributed by atoms with Crippen LogP contribution in [0.4, 0.5) is 0 Å². The Morgan fingerprint density at radius 1 is 1.24 bits per heavy atom. The zero-order valence-electron chi connectivity index (χ0n) is 11.3. The van der Waals surface area contributed by atoms with Gasteiger partial charge in [-0.05, 0) is 18.2 Å². The number of rotatable bonds is 5. The monoisotopic (exact) mass is 282 g/mol. The number of carbonyl (C=O) groups excluding carboxylic acids is 1. The molecule has 0 spiro atoms. The second kappa shape index (κ2) is 6.04. The maximum atomic E-state index is 11.7. The topological polar surface area (TPSA) is 73.0 Å². The molecular weight excluding hydrogens is 268 g/mol. The van der Waals surface area contributed by atoms with Gasteiger partial charge in [-0.15, -0.1) is 0 Å². The summed E-state index contributed by atoms with van der Waals surface area (Å²) in [5.74, 6) is 0.0890. The number of nitrogens with one attached hydrogen (secondary N) is 1. The van der Waals surface area contributed by atoms with Crippen molar-refractivity contribution in [2.45, 2.75) is 6.54 Å².